The van der Waals surface area contributed by atoms with Gasteiger partial charge in [0, 0.05) is 4.47 Å². The van der Waals surface area contributed by atoms with Crippen molar-refractivity contribution in [1.82, 2.24) is 0 Å². The molecule has 0 unspecified atom stereocenters. The van der Waals surface area contributed by atoms with Crippen LogP contribution >= 0.6 is 31.9 Å². The lowest BCUT2D eigenvalue weighted by molar-refractivity contribution is -0.0527. The second kappa shape index (κ2) is 4.32. The minimum Gasteiger partial charge on any atom is -0.430 e. The Morgan fingerprint density at radius 2 is 1.85 bits per heavy atom. The normalized spacial score (nSPS) is 10.6. The van der Waals surface area contributed by atoms with Gasteiger partial charge in [0.15, 0.2) is 11.6 Å². The lowest BCUT2D eigenvalue weighted by atomic mass is 10.3. The van der Waals surface area contributed by atoms with E-state index in [-0.39, 0.29) is 4.47 Å². The zero-order valence-electron chi connectivity index (χ0n) is 6.03. The van der Waals surface area contributed by atoms with Gasteiger partial charge in [0.05, 0.1) is 4.47 Å². The van der Waals surface area contributed by atoms with Crippen LogP contribution in [0.25, 0.3) is 0 Å². The molecule has 0 heterocycles. The summed E-state index contributed by atoms with van der Waals surface area (Å²) in [7, 11) is 0. The molecule has 0 aliphatic rings. The Kier molecular flexibility index (Phi) is 3.61. The highest BCUT2D eigenvalue weighted by molar-refractivity contribution is 9.11. The molecular formula is C7H3Br2F3O. The molecule has 1 aromatic rings. The average molecular weight is 320 g/mol. The van der Waals surface area contributed by atoms with E-state index in [1.807, 2.05) is 0 Å². The molecule has 0 atom stereocenters. The molecule has 0 saturated carbocycles. The molecule has 0 bridgehead atoms. The van der Waals surface area contributed by atoms with Crippen molar-refractivity contribution in [3.63, 3.8) is 0 Å². The Morgan fingerprint density at radius 3 is 2.31 bits per heavy atom. The third kappa shape index (κ3) is 2.87. The predicted octanol–water partition coefficient (Wildman–Crippen LogP) is 3.95. The summed E-state index contributed by atoms with van der Waals surface area (Å²) in [4.78, 5) is 0. The van der Waals surface area contributed by atoms with Crippen LogP contribution in [0, 0.1) is 5.82 Å². The first kappa shape index (κ1) is 10.8. The maximum atomic E-state index is 13.0. The van der Waals surface area contributed by atoms with E-state index in [2.05, 4.69) is 36.6 Å². The number of hydrogen-bond donors (Lipinski definition) is 0. The van der Waals surface area contributed by atoms with Gasteiger partial charge in [0.25, 0.3) is 0 Å². The molecule has 0 saturated heterocycles. The van der Waals surface area contributed by atoms with E-state index >= 15 is 0 Å². The van der Waals surface area contributed by atoms with Gasteiger partial charge in [-0.2, -0.15) is 8.78 Å². The fourth-order valence-electron chi connectivity index (χ4n) is 0.731. The second-order valence-electron chi connectivity index (χ2n) is 2.08. The zero-order chi connectivity index (χ0) is 10.0. The van der Waals surface area contributed by atoms with Crippen molar-refractivity contribution in [2.75, 3.05) is 0 Å². The molecule has 0 amide bonds. The van der Waals surface area contributed by atoms with Crippen LogP contribution in [-0.2, 0) is 0 Å². The lowest BCUT2D eigenvalue weighted by Crippen LogP contribution is -2.04. The highest BCUT2D eigenvalue weighted by Gasteiger charge is 2.14. The molecule has 72 valence electrons. The van der Waals surface area contributed by atoms with Crippen LogP contribution in [0.3, 0.4) is 0 Å². The van der Waals surface area contributed by atoms with Crippen LogP contribution in [0.4, 0.5) is 13.2 Å². The smallest absolute Gasteiger partial charge is 0.387 e. The van der Waals surface area contributed by atoms with Crippen LogP contribution in [0.15, 0.2) is 21.1 Å². The van der Waals surface area contributed by atoms with Crippen LogP contribution in [-0.4, -0.2) is 6.61 Å². The molecule has 0 aliphatic carbocycles. The summed E-state index contributed by atoms with van der Waals surface area (Å²) in [6.07, 6.45) is 0. The second-order valence-corrected chi connectivity index (χ2v) is 3.85. The summed E-state index contributed by atoms with van der Waals surface area (Å²) in [5.41, 5.74) is 0. The van der Waals surface area contributed by atoms with E-state index in [1.165, 1.54) is 6.07 Å². The van der Waals surface area contributed by atoms with Gasteiger partial charge in [0.2, 0.25) is 0 Å². The first-order chi connectivity index (χ1) is 6.00. The van der Waals surface area contributed by atoms with Crippen LogP contribution in [0.1, 0.15) is 0 Å². The van der Waals surface area contributed by atoms with Crippen LogP contribution in [0.2, 0.25) is 0 Å². The molecule has 1 rings (SSSR count). The van der Waals surface area contributed by atoms with Crippen LogP contribution < -0.4 is 4.74 Å². The van der Waals surface area contributed by atoms with Gasteiger partial charge in [-0.3, -0.25) is 0 Å². The molecule has 1 nitrogen and oxygen atoms in total. The van der Waals surface area contributed by atoms with Gasteiger partial charge >= 0.3 is 6.61 Å². The zero-order valence-corrected chi connectivity index (χ0v) is 9.20. The number of alkyl halides is 2. The SMILES string of the molecule is Fc1cc(Br)cc(Br)c1OC(F)F. The van der Waals surface area contributed by atoms with Crippen molar-refractivity contribution in [2.24, 2.45) is 0 Å². The average Bonchev–Trinajstić information content (AvgIpc) is 1.96. The highest BCUT2D eigenvalue weighted by atomic mass is 79.9. The largest absolute Gasteiger partial charge is 0.430 e. The highest BCUT2D eigenvalue weighted by Crippen LogP contribution is 2.32. The fraction of sp³-hybridized carbons (Fsp3) is 0.143. The standard InChI is InChI=1S/C7H3Br2F3O/c8-3-1-4(9)6(5(10)2-3)13-7(11)12/h1-2,7H. The minimum atomic E-state index is -3.04. The molecular weight excluding hydrogens is 317 g/mol. The molecule has 6 heteroatoms. The molecule has 0 aromatic heterocycles. The van der Waals surface area contributed by atoms with Gasteiger partial charge in [-0.1, -0.05) is 15.9 Å². The van der Waals surface area contributed by atoms with Crippen molar-refractivity contribution < 1.29 is 17.9 Å². The summed E-state index contributed by atoms with van der Waals surface area (Å²) in [6, 6.07) is 2.46. The maximum absolute atomic E-state index is 13.0. The number of ether oxygens (including phenoxy) is 1. The van der Waals surface area contributed by atoms with Gasteiger partial charge in [0.1, 0.15) is 0 Å². The Hall–Kier alpha value is -0.230. The van der Waals surface area contributed by atoms with E-state index in [9.17, 15) is 13.2 Å². The van der Waals surface area contributed by atoms with Crippen molar-refractivity contribution in [3.05, 3.63) is 26.9 Å². The van der Waals surface area contributed by atoms with Crippen molar-refractivity contribution in [2.45, 2.75) is 6.61 Å². The molecule has 1 aromatic carbocycles. The Morgan fingerprint density at radius 1 is 1.23 bits per heavy atom. The summed E-state index contributed by atoms with van der Waals surface area (Å²) in [5, 5.41) is 0. The quantitative estimate of drug-likeness (QED) is 0.802. The summed E-state index contributed by atoms with van der Waals surface area (Å²) >= 11 is 5.90. The first-order valence-electron chi connectivity index (χ1n) is 3.10. The Bertz CT molecular complexity index is 294. The fourth-order valence-corrected chi connectivity index (χ4v) is 2.00. The number of hydrogen-bond acceptors (Lipinski definition) is 1. The van der Waals surface area contributed by atoms with Crippen molar-refractivity contribution >= 4 is 31.9 Å². The first-order valence-corrected chi connectivity index (χ1v) is 4.68. The third-order valence-electron chi connectivity index (χ3n) is 1.17. The Labute approximate surface area is 89.1 Å². The van der Waals surface area contributed by atoms with Gasteiger partial charge in [-0.25, -0.2) is 4.39 Å². The number of halogens is 5. The maximum Gasteiger partial charge on any atom is 0.387 e. The van der Waals surface area contributed by atoms with Crippen LogP contribution in [0.5, 0.6) is 5.75 Å². The van der Waals surface area contributed by atoms with E-state index in [0.717, 1.165) is 6.07 Å². The summed E-state index contributed by atoms with van der Waals surface area (Å²) in [5.74, 6) is -1.33. The van der Waals surface area contributed by atoms with Crippen molar-refractivity contribution in [1.29, 1.82) is 0 Å². The molecule has 0 radical (unpaired) electrons. The number of rotatable bonds is 2. The van der Waals surface area contributed by atoms with Gasteiger partial charge in [-0.15, -0.1) is 0 Å². The number of benzene rings is 1. The molecule has 0 N–H and O–H groups in total. The predicted molar refractivity (Wildman–Crippen MR) is 48.4 cm³/mol. The summed E-state index contributed by atoms with van der Waals surface area (Å²) < 4.78 is 41.0. The minimum absolute atomic E-state index is 0.139. The van der Waals surface area contributed by atoms with E-state index < -0.39 is 18.2 Å². The van der Waals surface area contributed by atoms with Gasteiger partial charge < -0.3 is 4.74 Å². The molecule has 0 fully saturated rings. The van der Waals surface area contributed by atoms with E-state index in [0.29, 0.717) is 4.47 Å². The molecule has 0 aliphatic heterocycles. The molecule has 13 heavy (non-hydrogen) atoms. The topological polar surface area (TPSA) is 9.23 Å². The van der Waals surface area contributed by atoms with E-state index in [4.69, 9.17) is 0 Å². The monoisotopic (exact) mass is 318 g/mol. The summed E-state index contributed by atoms with van der Waals surface area (Å²) in [6.45, 7) is -3.04. The third-order valence-corrected chi connectivity index (χ3v) is 2.22. The molecule has 0 spiro atoms. The van der Waals surface area contributed by atoms with Gasteiger partial charge in [-0.05, 0) is 28.1 Å². The van der Waals surface area contributed by atoms with Crippen molar-refractivity contribution in [3.8, 4) is 5.75 Å². The van der Waals surface area contributed by atoms with E-state index in [1.54, 1.807) is 0 Å². The lowest BCUT2D eigenvalue weighted by Gasteiger charge is -2.07. The Balaban J connectivity index is 3.06.